The highest BCUT2D eigenvalue weighted by Gasteiger charge is 2.09. The van der Waals surface area contributed by atoms with Crippen LogP contribution in [0, 0.1) is 13.8 Å². The average Bonchev–Trinajstić information content (AvgIpc) is 3.03. The minimum atomic E-state index is -0.0918. The first-order valence-corrected chi connectivity index (χ1v) is 7.80. The SMILES string of the molecule is CCOCC(=O)NCCc1csc(-n2nc(C)cc2C)n1. The second kappa shape index (κ2) is 7.33. The maximum atomic E-state index is 11.4. The van der Waals surface area contributed by atoms with Gasteiger partial charge in [0.1, 0.15) is 6.61 Å². The molecule has 0 saturated carbocycles. The van der Waals surface area contributed by atoms with E-state index in [9.17, 15) is 4.79 Å². The Morgan fingerprint density at radius 1 is 1.48 bits per heavy atom. The van der Waals surface area contributed by atoms with Crippen LogP contribution in [-0.2, 0) is 16.0 Å². The molecule has 0 bridgehead atoms. The highest BCUT2D eigenvalue weighted by Crippen LogP contribution is 2.17. The van der Waals surface area contributed by atoms with Gasteiger partial charge in [-0.1, -0.05) is 0 Å². The highest BCUT2D eigenvalue weighted by molar-refractivity contribution is 7.12. The van der Waals surface area contributed by atoms with Gasteiger partial charge in [-0.15, -0.1) is 11.3 Å². The predicted molar refractivity (Wildman–Crippen MR) is 81.9 cm³/mol. The number of ether oxygens (including phenoxy) is 1. The van der Waals surface area contributed by atoms with E-state index in [0.717, 1.165) is 22.2 Å². The molecular weight excluding hydrogens is 288 g/mol. The summed E-state index contributed by atoms with van der Waals surface area (Å²) in [4.78, 5) is 15.9. The normalized spacial score (nSPS) is 10.8. The molecule has 114 valence electrons. The lowest BCUT2D eigenvalue weighted by atomic mass is 10.3. The molecule has 0 aliphatic rings. The van der Waals surface area contributed by atoms with Crippen molar-refractivity contribution >= 4 is 17.2 Å². The van der Waals surface area contributed by atoms with Crippen molar-refractivity contribution in [2.75, 3.05) is 19.8 Å². The van der Waals surface area contributed by atoms with Crippen molar-refractivity contribution in [2.45, 2.75) is 27.2 Å². The molecule has 0 unspecified atom stereocenters. The minimum absolute atomic E-state index is 0.0918. The van der Waals surface area contributed by atoms with Crippen molar-refractivity contribution < 1.29 is 9.53 Å². The van der Waals surface area contributed by atoms with Crippen LogP contribution in [0.3, 0.4) is 0 Å². The summed E-state index contributed by atoms with van der Waals surface area (Å²) < 4.78 is 6.88. The monoisotopic (exact) mass is 308 g/mol. The Morgan fingerprint density at radius 2 is 2.29 bits per heavy atom. The Hall–Kier alpha value is -1.73. The van der Waals surface area contributed by atoms with Crippen molar-refractivity contribution in [3.8, 4) is 5.13 Å². The van der Waals surface area contributed by atoms with Crippen LogP contribution in [0.4, 0.5) is 0 Å². The number of thiazole rings is 1. The molecule has 0 aromatic carbocycles. The van der Waals surface area contributed by atoms with Crippen molar-refractivity contribution in [3.63, 3.8) is 0 Å². The van der Waals surface area contributed by atoms with Crippen molar-refractivity contribution in [1.82, 2.24) is 20.1 Å². The number of aryl methyl sites for hydroxylation is 2. The van der Waals surface area contributed by atoms with Gasteiger partial charge < -0.3 is 10.1 Å². The van der Waals surface area contributed by atoms with E-state index in [1.165, 1.54) is 0 Å². The number of carbonyl (C=O) groups excluding carboxylic acids is 1. The van der Waals surface area contributed by atoms with Gasteiger partial charge in [0.05, 0.1) is 11.4 Å². The average molecular weight is 308 g/mol. The second-order valence-electron chi connectivity index (χ2n) is 4.70. The van der Waals surface area contributed by atoms with Gasteiger partial charge in [0, 0.05) is 30.6 Å². The number of rotatable bonds is 7. The molecule has 0 aliphatic carbocycles. The van der Waals surface area contributed by atoms with E-state index < -0.39 is 0 Å². The van der Waals surface area contributed by atoms with Gasteiger partial charge in [0.2, 0.25) is 11.0 Å². The predicted octanol–water partition coefficient (Wildman–Crippen LogP) is 1.64. The van der Waals surface area contributed by atoms with Crippen LogP contribution in [0.1, 0.15) is 24.0 Å². The summed E-state index contributed by atoms with van der Waals surface area (Å²) in [7, 11) is 0. The molecule has 6 nitrogen and oxygen atoms in total. The standard InChI is InChI=1S/C14H20N4O2S/c1-4-20-8-13(19)15-6-5-12-9-21-14(16-12)18-11(3)7-10(2)17-18/h7,9H,4-6,8H2,1-3H3,(H,15,19). The Morgan fingerprint density at radius 3 is 2.95 bits per heavy atom. The summed E-state index contributed by atoms with van der Waals surface area (Å²) in [5.41, 5.74) is 3.00. The zero-order chi connectivity index (χ0) is 15.2. The molecule has 2 rings (SSSR count). The number of nitrogens with zero attached hydrogens (tertiary/aromatic N) is 3. The molecule has 7 heteroatoms. The maximum absolute atomic E-state index is 11.4. The number of hydrogen-bond donors (Lipinski definition) is 1. The fraction of sp³-hybridized carbons (Fsp3) is 0.500. The second-order valence-corrected chi connectivity index (χ2v) is 5.53. The van der Waals surface area contributed by atoms with Crippen LogP contribution in [0.2, 0.25) is 0 Å². The zero-order valence-electron chi connectivity index (χ0n) is 12.5. The van der Waals surface area contributed by atoms with E-state index in [4.69, 9.17) is 4.74 Å². The van der Waals surface area contributed by atoms with Crippen LogP contribution in [-0.4, -0.2) is 40.4 Å². The van der Waals surface area contributed by atoms with Crippen molar-refractivity contribution in [3.05, 3.63) is 28.5 Å². The van der Waals surface area contributed by atoms with Gasteiger partial charge in [-0.25, -0.2) is 9.67 Å². The zero-order valence-corrected chi connectivity index (χ0v) is 13.4. The Balaban J connectivity index is 1.86. The van der Waals surface area contributed by atoms with E-state index in [-0.39, 0.29) is 12.5 Å². The van der Waals surface area contributed by atoms with Crippen LogP contribution < -0.4 is 5.32 Å². The van der Waals surface area contributed by atoms with Crippen molar-refractivity contribution in [1.29, 1.82) is 0 Å². The third kappa shape index (κ3) is 4.37. The number of nitrogens with one attached hydrogen (secondary N) is 1. The topological polar surface area (TPSA) is 69.0 Å². The molecule has 0 atom stereocenters. The summed E-state index contributed by atoms with van der Waals surface area (Å²) >= 11 is 1.55. The van der Waals surface area contributed by atoms with Gasteiger partial charge in [0.15, 0.2) is 0 Å². The minimum Gasteiger partial charge on any atom is -0.372 e. The van der Waals surface area contributed by atoms with Crippen LogP contribution in [0.5, 0.6) is 0 Å². The Kier molecular flexibility index (Phi) is 5.46. The molecular formula is C14H20N4O2S. The molecule has 1 N–H and O–H groups in total. The molecule has 0 aliphatic heterocycles. The molecule has 2 heterocycles. The fourth-order valence-electron chi connectivity index (χ4n) is 1.91. The van der Waals surface area contributed by atoms with Gasteiger partial charge in [-0.3, -0.25) is 4.79 Å². The number of carbonyl (C=O) groups is 1. The molecule has 0 radical (unpaired) electrons. The first-order valence-electron chi connectivity index (χ1n) is 6.92. The molecule has 1 amide bonds. The van der Waals surface area contributed by atoms with Gasteiger partial charge in [0.25, 0.3) is 0 Å². The summed E-state index contributed by atoms with van der Waals surface area (Å²) in [6.45, 7) is 7.06. The number of aromatic nitrogens is 3. The van der Waals surface area contributed by atoms with E-state index in [0.29, 0.717) is 19.6 Å². The summed E-state index contributed by atoms with van der Waals surface area (Å²) in [5.74, 6) is -0.0918. The van der Waals surface area contributed by atoms with Gasteiger partial charge in [-0.05, 0) is 26.8 Å². The van der Waals surface area contributed by atoms with Crippen molar-refractivity contribution in [2.24, 2.45) is 0 Å². The Bertz CT molecular complexity index is 606. The van der Waals surface area contributed by atoms with Crippen LogP contribution >= 0.6 is 11.3 Å². The molecule has 21 heavy (non-hydrogen) atoms. The summed E-state index contributed by atoms with van der Waals surface area (Å²) in [5, 5.41) is 10.1. The van der Waals surface area contributed by atoms with Gasteiger partial charge >= 0.3 is 0 Å². The largest absolute Gasteiger partial charge is 0.372 e. The third-order valence-electron chi connectivity index (χ3n) is 2.87. The maximum Gasteiger partial charge on any atom is 0.246 e. The van der Waals surface area contributed by atoms with E-state index in [2.05, 4.69) is 15.4 Å². The smallest absolute Gasteiger partial charge is 0.246 e. The number of amides is 1. The summed E-state index contributed by atoms with van der Waals surface area (Å²) in [6.07, 6.45) is 0.702. The molecule has 2 aromatic heterocycles. The van der Waals surface area contributed by atoms with E-state index in [1.807, 2.05) is 36.9 Å². The number of hydrogen-bond acceptors (Lipinski definition) is 5. The highest BCUT2D eigenvalue weighted by atomic mass is 32.1. The lowest BCUT2D eigenvalue weighted by Gasteiger charge is -2.03. The molecule has 0 saturated heterocycles. The quantitative estimate of drug-likeness (QED) is 0.844. The van der Waals surface area contributed by atoms with Gasteiger partial charge in [-0.2, -0.15) is 5.10 Å². The first-order chi connectivity index (χ1) is 10.1. The molecule has 0 spiro atoms. The fourth-order valence-corrected chi connectivity index (χ4v) is 2.77. The van der Waals surface area contributed by atoms with Crippen LogP contribution in [0.25, 0.3) is 5.13 Å². The summed E-state index contributed by atoms with van der Waals surface area (Å²) in [6, 6.07) is 2.02. The Labute approximate surface area is 128 Å². The lowest BCUT2D eigenvalue weighted by Crippen LogP contribution is -2.29. The third-order valence-corrected chi connectivity index (χ3v) is 3.74. The molecule has 0 fully saturated rings. The van der Waals surface area contributed by atoms with E-state index >= 15 is 0 Å². The van der Waals surface area contributed by atoms with Crippen LogP contribution in [0.15, 0.2) is 11.4 Å². The van der Waals surface area contributed by atoms with E-state index in [1.54, 1.807) is 11.3 Å². The first kappa shape index (κ1) is 15.7. The molecule has 2 aromatic rings. The lowest BCUT2D eigenvalue weighted by molar-refractivity contribution is -0.125.